The van der Waals surface area contributed by atoms with Gasteiger partial charge in [0.1, 0.15) is 5.56 Å². The fourth-order valence-corrected chi connectivity index (χ4v) is 5.24. The Morgan fingerprint density at radius 1 is 0.971 bits per heavy atom. The second-order valence-electron chi connectivity index (χ2n) is 9.78. The van der Waals surface area contributed by atoms with Gasteiger partial charge in [-0.25, -0.2) is 4.68 Å². The van der Waals surface area contributed by atoms with Gasteiger partial charge in [0, 0.05) is 31.5 Å². The number of benzene rings is 1. The molecule has 1 atom stereocenters. The van der Waals surface area contributed by atoms with E-state index < -0.39 is 0 Å². The largest absolute Gasteiger partial charge is 0.353 e. The second-order valence-corrected chi connectivity index (χ2v) is 9.78. The minimum Gasteiger partial charge on any atom is -0.353 e. The summed E-state index contributed by atoms with van der Waals surface area (Å²) in [4.78, 5) is 28.5. The highest BCUT2D eigenvalue weighted by molar-refractivity contribution is 5.97. The quantitative estimate of drug-likeness (QED) is 0.621. The van der Waals surface area contributed by atoms with Crippen molar-refractivity contribution in [2.45, 2.75) is 51.5 Å². The molecule has 3 heterocycles. The summed E-state index contributed by atoms with van der Waals surface area (Å²) in [6.07, 6.45) is 11.6. The zero-order valence-corrected chi connectivity index (χ0v) is 19.8. The highest BCUT2D eigenvalue weighted by Gasteiger charge is 2.32. The van der Waals surface area contributed by atoms with Crippen LogP contribution in [0.1, 0.15) is 55.8 Å². The number of carbonyl (C=O) groups excluding carboxylic acids is 2. The number of amides is 2. The Morgan fingerprint density at radius 3 is 2.44 bits per heavy atom. The monoisotopic (exact) mass is 459 g/mol. The van der Waals surface area contributed by atoms with Crippen molar-refractivity contribution < 1.29 is 9.59 Å². The molecule has 1 saturated carbocycles. The van der Waals surface area contributed by atoms with Crippen LogP contribution in [-0.2, 0) is 4.79 Å². The minimum atomic E-state index is -0.156. The van der Waals surface area contributed by atoms with E-state index in [-0.39, 0.29) is 23.8 Å². The van der Waals surface area contributed by atoms with E-state index in [1.165, 1.54) is 12.8 Å². The number of carbonyl (C=O) groups is 2. The first-order chi connectivity index (χ1) is 16.6. The lowest BCUT2D eigenvalue weighted by molar-refractivity contribution is -0.127. The molecule has 1 aliphatic carbocycles. The Balaban J connectivity index is 1.34. The van der Waals surface area contributed by atoms with E-state index in [1.54, 1.807) is 10.9 Å². The fourth-order valence-electron chi connectivity index (χ4n) is 5.24. The standard InChI is InChI=1S/C27H33N5O2/c1-20-11-13-22(14-12-20)29-25(33)21-8-7-17-31(19-21)27(34)24-18-28-32(23-9-3-2-4-10-23)26(24)30-15-5-6-16-30/h2-6,9-10,15-16,18,20-22H,7-8,11-14,17,19H2,1H3,(H,29,33). The summed E-state index contributed by atoms with van der Waals surface area (Å²) in [7, 11) is 0. The Kier molecular flexibility index (Phi) is 6.52. The predicted molar refractivity (Wildman–Crippen MR) is 131 cm³/mol. The lowest BCUT2D eigenvalue weighted by Gasteiger charge is -2.34. The van der Waals surface area contributed by atoms with E-state index >= 15 is 0 Å². The average Bonchev–Trinajstić information content (AvgIpc) is 3.55. The minimum absolute atomic E-state index is 0.0742. The molecule has 1 aromatic carbocycles. The molecule has 0 radical (unpaired) electrons. The van der Waals surface area contributed by atoms with Gasteiger partial charge in [-0.2, -0.15) is 5.10 Å². The predicted octanol–water partition coefficient (Wildman–Crippen LogP) is 4.21. The molecule has 2 aliphatic rings. The number of nitrogens with zero attached hydrogens (tertiary/aromatic N) is 4. The molecule has 34 heavy (non-hydrogen) atoms. The first kappa shape index (κ1) is 22.4. The van der Waals surface area contributed by atoms with Gasteiger partial charge in [0.05, 0.1) is 17.8 Å². The van der Waals surface area contributed by atoms with Crippen LogP contribution in [0.5, 0.6) is 0 Å². The summed E-state index contributed by atoms with van der Waals surface area (Å²) in [5, 5.41) is 7.84. The van der Waals surface area contributed by atoms with Gasteiger partial charge in [0.25, 0.3) is 5.91 Å². The maximum Gasteiger partial charge on any atom is 0.259 e. The van der Waals surface area contributed by atoms with Crippen LogP contribution in [0.4, 0.5) is 0 Å². The molecule has 3 aromatic rings. The van der Waals surface area contributed by atoms with Crippen LogP contribution in [0.15, 0.2) is 61.1 Å². The summed E-state index contributed by atoms with van der Waals surface area (Å²) in [5.41, 5.74) is 1.44. The van der Waals surface area contributed by atoms with E-state index in [0.29, 0.717) is 24.5 Å². The highest BCUT2D eigenvalue weighted by atomic mass is 16.2. The van der Waals surface area contributed by atoms with Crippen LogP contribution in [0.3, 0.4) is 0 Å². The maximum atomic E-state index is 13.7. The lowest BCUT2D eigenvalue weighted by atomic mass is 9.87. The van der Waals surface area contributed by atoms with Crippen LogP contribution < -0.4 is 5.32 Å². The molecule has 5 rings (SSSR count). The number of nitrogens with one attached hydrogen (secondary N) is 1. The smallest absolute Gasteiger partial charge is 0.259 e. The number of piperidine rings is 1. The molecular weight excluding hydrogens is 426 g/mol. The molecule has 0 spiro atoms. The topological polar surface area (TPSA) is 72.2 Å². The summed E-state index contributed by atoms with van der Waals surface area (Å²) >= 11 is 0. The molecule has 2 aromatic heterocycles. The molecule has 1 unspecified atom stereocenters. The molecule has 2 amide bonds. The number of aromatic nitrogens is 3. The van der Waals surface area contributed by atoms with Gasteiger partial charge in [-0.15, -0.1) is 0 Å². The van der Waals surface area contributed by atoms with Crippen molar-refractivity contribution in [2.75, 3.05) is 13.1 Å². The summed E-state index contributed by atoms with van der Waals surface area (Å²) in [6, 6.07) is 14.0. The van der Waals surface area contributed by atoms with Crippen LogP contribution in [0, 0.1) is 11.8 Å². The van der Waals surface area contributed by atoms with Crippen molar-refractivity contribution in [3.05, 3.63) is 66.6 Å². The summed E-state index contributed by atoms with van der Waals surface area (Å²) < 4.78 is 3.72. The number of hydrogen-bond acceptors (Lipinski definition) is 3. The molecule has 1 N–H and O–H groups in total. The summed E-state index contributed by atoms with van der Waals surface area (Å²) in [5.74, 6) is 1.33. The van der Waals surface area contributed by atoms with Gasteiger partial charge in [-0.05, 0) is 68.7 Å². The van der Waals surface area contributed by atoms with E-state index in [9.17, 15) is 9.59 Å². The average molecular weight is 460 g/mol. The first-order valence-corrected chi connectivity index (χ1v) is 12.5. The zero-order chi connectivity index (χ0) is 23.5. The van der Waals surface area contributed by atoms with Crippen LogP contribution in [-0.4, -0.2) is 50.2 Å². The lowest BCUT2D eigenvalue weighted by Crippen LogP contribution is -2.48. The van der Waals surface area contributed by atoms with Crippen molar-refractivity contribution in [3.63, 3.8) is 0 Å². The highest BCUT2D eigenvalue weighted by Crippen LogP contribution is 2.26. The van der Waals surface area contributed by atoms with Gasteiger partial charge in [0.15, 0.2) is 5.82 Å². The second kappa shape index (κ2) is 9.87. The summed E-state index contributed by atoms with van der Waals surface area (Å²) in [6.45, 7) is 3.39. The van der Waals surface area contributed by atoms with Gasteiger partial charge in [0.2, 0.25) is 5.91 Å². The normalized spacial score (nSPS) is 23.0. The van der Waals surface area contributed by atoms with Gasteiger partial charge in [-0.1, -0.05) is 25.1 Å². The molecule has 178 valence electrons. The number of para-hydroxylation sites is 1. The van der Waals surface area contributed by atoms with Crippen LogP contribution in [0.25, 0.3) is 11.5 Å². The molecule has 2 fully saturated rings. The van der Waals surface area contributed by atoms with Crippen molar-refractivity contribution in [3.8, 4) is 11.5 Å². The SMILES string of the molecule is CC1CCC(NC(=O)C2CCCN(C(=O)c3cnn(-c4ccccc4)c3-n3cccc3)C2)CC1. The zero-order valence-electron chi connectivity index (χ0n) is 19.8. The van der Waals surface area contributed by atoms with E-state index in [2.05, 4.69) is 17.3 Å². The van der Waals surface area contributed by atoms with Gasteiger partial charge >= 0.3 is 0 Å². The van der Waals surface area contributed by atoms with Gasteiger partial charge in [-0.3, -0.25) is 9.59 Å². The Hall–Kier alpha value is -3.35. The molecule has 1 aliphatic heterocycles. The number of rotatable bonds is 5. The van der Waals surface area contributed by atoms with Crippen molar-refractivity contribution in [1.82, 2.24) is 24.6 Å². The third kappa shape index (κ3) is 4.65. The number of hydrogen-bond donors (Lipinski definition) is 1. The van der Waals surface area contributed by atoms with Crippen molar-refractivity contribution in [1.29, 1.82) is 0 Å². The molecule has 0 bridgehead atoms. The van der Waals surface area contributed by atoms with E-state index in [1.807, 2.05) is 64.3 Å². The van der Waals surface area contributed by atoms with Crippen molar-refractivity contribution >= 4 is 11.8 Å². The third-order valence-electron chi connectivity index (χ3n) is 7.27. The maximum absolute atomic E-state index is 13.7. The van der Waals surface area contributed by atoms with E-state index in [4.69, 9.17) is 0 Å². The first-order valence-electron chi connectivity index (χ1n) is 12.5. The Morgan fingerprint density at radius 2 is 1.71 bits per heavy atom. The van der Waals surface area contributed by atoms with Crippen LogP contribution >= 0.6 is 0 Å². The van der Waals surface area contributed by atoms with Crippen molar-refractivity contribution in [2.24, 2.45) is 11.8 Å². The van der Waals surface area contributed by atoms with Gasteiger partial charge < -0.3 is 14.8 Å². The molecule has 7 heteroatoms. The Labute approximate surface area is 200 Å². The number of likely N-dealkylation sites (tertiary alicyclic amines) is 1. The molecular formula is C27H33N5O2. The van der Waals surface area contributed by atoms with E-state index in [0.717, 1.165) is 37.3 Å². The molecule has 7 nitrogen and oxygen atoms in total. The van der Waals surface area contributed by atoms with Crippen LogP contribution in [0.2, 0.25) is 0 Å². The fraction of sp³-hybridized carbons (Fsp3) is 0.444. The third-order valence-corrected chi connectivity index (χ3v) is 7.27. The molecule has 1 saturated heterocycles. The Bertz CT molecular complexity index is 1110.